The highest BCUT2D eigenvalue weighted by Gasteiger charge is 2.46. The summed E-state index contributed by atoms with van der Waals surface area (Å²) in [5, 5.41) is 4.10. The molecule has 0 N–H and O–H groups in total. The van der Waals surface area contributed by atoms with Crippen LogP contribution in [-0.2, 0) is 6.16 Å². The van der Waals surface area contributed by atoms with Gasteiger partial charge in [-0.2, -0.15) is 0 Å². The summed E-state index contributed by atoms with van der Waals surface area (Å²) >= 11 is 0. The van der Waals surface area contributed by atoms with E-state index < -0.39 is 13.4 Å². The second kappa shape index (κ2) is 15.2. The predicted octanol–water partition coefficient (Wildman–Crippen LogP) is 5.26. The minimum atomic E-state index is -2.02. The fourth-order valence-corrected chi connectivity index (χ4v) is 9.42. The van der Waals surface area contributed by atoms with E-state index in [4.69, 9.17) is 4.74 Å². The molecule has 0 bridgehead atoms. The molecular weight excluding hydrogens is 554 g/mol. The number of alkyl halides is 1. The monoisotopic (exact) mass is 592 g/mol. The van der Waals surface area contributed by atoms with Gasteiger partial charge >= 0.3 is 0 Å². The van der Waals surface area contributed by atoms with Crippen molar-refractivity contribution in [2.45, 2.75) is 64.4 Å². The van der Waals surface area contributed by atoms with Crippen LogP contribution in [0, 0.1) is 0 Å². The quantitative estimate of drug-likeness (QED) is 0.192. The Morgan fingerprint density at radius 1 is 0.658 bits per heavy atom. The van der Waals surface area contributed by atoms with Crippen LogP contribution in [0.1, 0.15) is 51.5 Å². The van der Waals surface area contributed by atoms with Gasteiger partial charge in [-0.15, -0.1) is 0 Å². The molecule has 4 aromatic carbocycles. The molecule has 4 heteroatoms. The molecule has 4 aromatic rings. The molecule has 38 heavy (non-hydrogen) atoms. The van der Waals surface area contributed by atoms with Crippen LogP contribution in [0.2, 0.25) is 0 Å². The van der Waals surface area contributed by atoms with Gasteiger partial charge in [-0.3, -0.25) is 0 Å². The third kappa shape index (κ3) is 7.55. The molecule has 0 aromatic heterocycles. The normalized spacial score (nSPS) is 12.8. The Kier molecular flexibility index (Phi) is 12.0. The van der Waals surface area contributed by atoms with E-state index in [2.05, 4.69) is 122 Å². The van der Waals surface area contributed by atoms with Crippen LogP contribution >= 0.6 is 7.26 Å². The van der Waals surface area contributed by atoms with Crippen LogP contribution in [0.3, 0.4) is 0 Å². The second-order valence-corrected chi connectivity index (χ2v) is 13.3. The molecule has 0 amide bonds. The van der Waals surface area contributed by atoms with E-state index in [9.17, 15) is 4.39 Å². The number of ether oxygens (including phenoxy) is 1. The average Bonchev–Trinajstić information content (AvgIpc) is 2.94. The first-order chi connectivity index (χ1) is 18.1. The van der Waals surface area contributed by atoms with E-state index in [1.807, 2.05) is 0 Å². The largest absolute Gasteiger partial charge is 1.00 e. The van der Waals surface area contributed by atoms with Crippen molar-refractivity contribution in [1.29, 1.82) is 0 Å². The Hall–Kier alpha value is -2.48. The molecule has 0 saturated heterocycles. The lowest BCUT2D eigenvalue weighted by Crippen LogP contribution is -3.00. The van der Waals surface area contributed by atoms with Crippen molar-refractivity contribution in [2.75, 3.05) is 0 Å². The molecule has 0 radical (unpaired) electrons. The number of hydrogen-bond donors (Lipinski definition) is 0. The average molecular weight is 594 g/mol. The van der Waals surface area contributed by atoms with Crippen molar-refractivity contribution in [2.24, 2.45) is 0 Å². The summed E-state index contributed by atoms with van der Waals surface area (Å²) in [6.45, 7) is 3.84. The van der Waals surface area contributed by atoms with Crippen LogP contribution in [0.15, 0.2) is 115 Å². The van der Waals surface area contributed by atoms with Crippen LogP contribution in [0.4, 0.5) is 4.39 Å². The highest BCUT2D eigenvalue weighted by molar-refractivity contribution is 7.95. The first-order valence-corrected chi connectivity index (χ1v) is 15.5. The summed E-state index contributed by atoms with van der Waals surface area (Å²) in [6, 6.07) is 41.5. The highest BCUT2D eigenvalue weighted by atomic mass is 79.9. The molecule has 0 aliphatic carbocycles. The standard InChI is InChI=1S/C34H39FOP.BrH/c1-3-16-30(19-15-17-28(2)35)36-34-26-14-13-18-29(34)27-37(31-20-7-4-8-21-31,32-22-9-5-10-23-32)33-24-11-6-12-25-33;/h4-14,18,20-26,28,30H,3,15-17,19,27H2,1-2H3;1H/q+1;/p-1. The lowest BCUT2D eigenvalue weighted by molar-refractivity contribution is -0.00000979. The number of benzene rings is 4. The van der Waals surface area contributed by atoms with Gasteiger partial charge in [0.25, 0.3) is 0 Å². The fourth-order valence-electron chi connectivity index (χ4n) is 5.16. The topological polar surface area (TPSA) is 9.23 Å². The molecule has 4 rings (SSSR count). The molecule has 2 unspecified atom stereocenters. The first kappa shape index (κ1) is 30.1. The van der Waals surface area contributed by atoms with Crippen molar-refractivity contribution >= 4 is 23.2 Å². The first-order valence-electron chi connectivity index (χ1n) is 13.6. The van der Waals surface area contributed by atoms with E-state index in [0.29, 0.717) is 6.42 Å². The van der Waals surface area contributed by atoms with Gasteiger partial charge in [-0.25, -0.2) is 4.39 Å². The van der Waals surface area contributed by atoms with E-state index in [-0.39, 0.29) is 23.1 Å². The SMILES string of the molecule is CCCC(CCCC(C)F)Oc1ccccc1C[P+](c1ccccc1)(c1ccccc1)c1ccccc1.[Br-]. The Bertz CT molecular complexity index is 1100. The van der Waals surface area contributed by atoms with Crippen LogP contribution < -0.4 is 37.6 Å². The number of halogens is 2. The summed E-state index contributed by atoms with van der Waals surface area (Å²) in [5.74, 6) is 0.960. The maximum atomic E-state index is 13.5. The summed E-state index contributed by atoms with van der Waals surface area (Å²) in [4.78, 5) is 0. The molecule has 0 fully saturated rings. The van der Waals surface area contributed by atoms with Crippen molar-refractivity contribution in [3.63, 3.8) is 0 Å². The minimum Gasteiger partial charge on any atom is -1.00 e. The molecule has 2 atom stereocenters. The third-order valence-electron chi connectivity index (χ3n) is 7.00. The van der Waals surface area contributed by atoms with Crippen molar-refractivity contribution < 1.29 is 26.1 Å². The van der Waals surface area contributed by atoms with E-state index in [1.54, 1.807) is 6.92 Å². The summed E-state index contributed by atoms with van der Waals surface area (Å²) in [5.41, 5.74) is 1.23. The Labute approximate surface area is 239 Å². The zero-order valence-corrected chi connectivity index (χ0v) is 25.0. The highest BCUT2D eigenvalue weighted by Crippen LogP contribution is 2.59. The van der Waals surface area contributed by atoms with Crippen molar-refractivity contribution in [3.8, 4) is 5.75 Å². The van der Waals surface area contributed by atoms with Crippen molar-refractivity contribution in [3.05, 3.63) is 121 Å². The summed E-state index contributed by atoms with van der Waals surface area (Å²) in [7, 11) is -2.02. The van der Waals surface area contributed by atoms with Gasteiger partial charge in [0.1, 0.15) is 35.1 Å². The van der Waals surface area contributed by atoms with Gasteiger partial charge < -0.3 is 21.7 Å². The van der Waals surface area contributed by atoms with Gasteiger partial charge in [0.05, 0.1) is 12.3 Å². The molecule has 0 heterocycles. The Morgan fingerprint density at radius 3 is 1.61 bits per heavy atom. The van der Waals surface area contributed by atoms with E-state index >= 15 is 0 Å². The molecule has 1 nitrogen and oxygen atoms in total. The fraction of sp³-hybridized carbons (Fsp3) is 0.294. The van der Waals surface area contributed by atoms with Gasteiger partial charge in [-0.1, -0.05) is 86.1 Å². The molecule has 200 valence electrons. The second-order valence-electron chi connectivity index (χ2n) is 9.82. The molecule has 0 aliphatic rings. The van der Waals surface area contributed by atoms with Crippen LogP contribution in [0.25, 0.3) is 0 Å². The van der Waals surface area contributed by atoms with Gasteiger partial charge in [0.2, 0.25) is 0 Å². The zero-order valence-electron chi connectivity index (χ0n) is 22.5. The maximum Gasteiger partial charge on any atom is 0.126 e. The molecular formula is C34H39BrFOP. The molecule has 0 saturated carbocycles. The van der Waals surface area contributed by atoms with E-state index in [0.717, 1.165) is 37.6 Å². The Morgan fingerprint density at radius 2 is 1.13 bits per heavy atom. The maximum absolute atomic E-state index is 13.5. The van der Waals surface area contributed by atoms with Gasteiger partial charge in [0, 0.05) is 5.56 Å². The number of para-hydroxylation sites is 1. The smallest absolute Gasteiger partial charge is 0.126 e. The van der Waals surface area contributed by atoms with Crippen LogP contribution in [-0.4, -0.2) is 12.3 Å². The minimum absolute atomic E-state index is 0. The summed E-state index contributed by atoms with van der Waals surface area (Å²) in [6.07, 6.45) is 4.56. The lowest BCUT2D eigenvalue weighted by Gasteiger charge is -2.29. The summed E-state index contributed by atoms with van der Waals surface area (Å²) < 4.78 is 20.2. The van der Waals surface area contributed by atoms with Gasteiger partial charge in [-0.05, 0) is 75.1 Å². The molecule has 0 spiro atoms. The number of rotatable bonds is 13. The van der Waals surface area contributed by atoms with Crippen LogP contribution in [0.5, 0.6) is 5.75 Å². The predicted molar refractivity (Wildman–Crippen MR) is 159 cm³/mol. The van der Waals surface area contributed by atoms with Crippen molar-refractivity contribution in [1.82, 2.24) is 0 Å². The lowest BCUT2D eigenvalue weighted by atomic mass is 10.1. The zero-order chi connectivity index (χ0) is 25.9. The third-order valence-corrected chi connectivity index (χ3v) is 11.4. The van der Waals surface area contributed by atoms with E-state index in [1.165, 1.54) is 21.5 Å². The Balaban J connectivity index is 0.00000400. The van der Waals surface area contributed by atoms with Gasteiger partial charge in [0.15, 0.2) is 0 Å². The molecule has 0 aliphatic heterocycles. The number of hydrogen-bond acceptors (Lipinski definition) is 1.